The maximum atomic E-state index is 15.0. The Morgan fingerprint density at radius 1 is 0.978 bits per heavy atom. The fraction of sp³-hybridized carbons (Fsp3) is 0.486. The Labute approximate surface area is 266 Å². The lowest BCUT2D eigenvalue weighted by Crippen LogP contribution is -2.59. The van der Waals surface area contributed by atoms with Gasteiger partial charge in [0.25, 0.3) is 0 Å². The molecule has 4 fully saturated rings. The first-order valence-corrected chi connectivity index (χ1v) is 16.4. The van der Waals surface area contributed by atoms with E-state index in [9.17, 15) is 14.7 Å². The van der Waals surface area contributed by atoms with Crippen molar-refractivity contribution in [3.63, 3.8) is 0 Å². The molecule has 8 heteroatoms. The molecule has 3 saturated heterocycles. The van der Waals surface area contributed by atoms with Crippen molar-refractivity contribution in [3.05, 3.63) is 91.5 Å². The first-order valence-electron chi connectivity index (χ1n) is 16.4. The summed E-state index contributed by atoms with van der Waals surface area (Å²) in [4.78, 5) is 49.8. The minimum Gasteiger partial charge on any atom is -0.394 e. The summed E-state index contributed by atoms with van der Waals surface area (Å²) in [5, 5.41) is 10.8. The molecule has 4 aliphatic rings. The van der Waals surface area contributed by atoms with Crippen molar-refractivity contribution in [2.75, 3.05) is 24.6 Å². The fourth-order valence-corrected chi connectivity index (χ4v) is 8.72. The van der Waals surface area contributed by atoms with Crippen LogP contribution in [-0.2, 0) is 19.1 Å². The molecule has 0 aromatic heterocycles. The summed E-state index contributed by atoms with van der Waals surface area (Å²) in [5.41, 5.74) is -0.677. The molecule has 3 aliphatic heterocycles. The number of fused-ring (bicyclic) bond motifs is 1. The monoisotopic (exact) mass is 611 g/mol. The summed E-state index contributed by atoms with van der Waals surface area (Å²) in [7, 11) is 0. The number of aliphatic hydroxyl groups excluding tert-OH is 1. The molecular weight excluding hydrogens is 566 g/mol. The van der Waals surface area contributed by atoms with Crippen molar-refractivity contribution in [2.45, 2.75) is 81.2 Å². The van der Waals surface area contributed by atoms with Crippen molar-refractivity contribution in [1.29, 1.82) is 0 Å². The fourth-order valence-electron chi connectivity index (χ4n) is 8.72. The van der Waals surface area contributed by atoms with Gasteiger partial charge in [0, 0.05) is 24.8 Å². The number of carbonyl (C=O) groups excluding carboxylic acids is 3. The van der Waals surface area contributed by atoms with Crippen molar-refractivity contribution in [3.8, 4) is 0 Å². The van der Waals surface area contributed by atoms with E-state index in [1.807, 2.05) is 72.5 Å². The second-order valence-corrected chi connectivity index (χ2v) is 13.2. The number of nitrogens with zero attached hydrogens (tertiary/aromatic N) is 3. The third kappa shape index (κ3) is 5.12. The lowest BCUT2D eigenvalue weighted by molar-refractivity contribution is -0.156. The zero-order chi connectivity index (χ0) is 31.8. The molecule has 6 atom stereocenters. The Morgan fingerprint density at radius 2 is 1.62 bits per heavy atom. The minimum atomic E-state index is -1.20. The number of likely N-dealkylation sites (tertiary alicyclic amines) is 1. The molecule has 2 aromatic carbocycles. The predicted molar refractivity (Wildman–Crippen MR) is 173 cm³/mol. The van der Waals surface area contributed by atoms with Crippen LogP contribution >= 0.6 is 0 Å². The van der Waals surface area contributed by atoms with Gasteiger partial charge in [-0.15, -0.1) is 13.2 Å². The molecular formula is C37H45N3O5. The van der Waals surface area contributed by atoms with Crippen LogP contribution in [0.25, 0.3) is 0 Å². The number of ether oxygens (including phenoxy) is 1. The highest BCUT2D eigenvalue weighted by Gasteiger charge is 2.79. The smallest absolute Gasteiger partial charge is 0.248 e. The topological polar surface area (TPSA) is 90.4 Å². The van der Waals surface area contributed by atoms with E-state index in [4.69, 9.17) is 4.74 Å². The van der Waals surface area contributed by atoms with E-state index in [0.717, 1.165) is 37.7 Å². The Morgan fingerprint density at radius 3 is 2.24 bits per heavy atom. The molecule has 2 aromatic rings. The normalized spacial score (nSPS) is 29.7. The number of anilines is 1. The molecule has 3 heterocycles. The van der Waals surface area contributed by atoms with Crippen molar-refractivity contribution >= 4 is 23.4 Å². The molecule has 2 bridgehead atoms. The quantitative estimate of drug-likeness (QED) is 0.359. The van der Waals surface area contributed by atoms with Gasteiger partial charge in [0.05, 0.1) is 30.1 Å². The maximum absolute atomic E-state index is 15.0. The maximum Gasteiger partial charge on any atom is 0.248 e. The van der Waals surface area contributed by atoms with E-state index in [1.165, 1.54) is 0 Å². The van der Waals surface area contributed by atoms with Gasteiger partial charge in [0.15, 0.2) is 0 Å². The Balaban J connectivity index is 1.47. The molecule has 1 N–H and O–H groups in total. The molecule has 6 rings (SSSR count). The average Bonchev–Trinajstić information content (AvgIpc) is 3.64. The van der Waals surface area contributed by atoms with Crippen LogP contribution in [0.2, 0.25) is 0 Å². The number of rotatable bonds is 11. The van der Waals surface area contributed by atoms with Crippen LogP contribution in [0.5, 0.6) is 0 Å². The lowest BCUT2D eigenvalue weighted by atomic mass is 9.66. The molecule has 1 spiro atoms. The zero-order valence-electron chi connectivity index (χ0n) is 26.2. The van der Waals surface area contributed by atoms with Crippen molar-refractivity contribution in [2.24, 2.45) is 11.8 Å². The minimum absolute atomic E-state index is 0.0359. The summed E-state index contributed by atoms with van der Waals surface area (Å²) in [6.07, 6.45) is 9.46. The van der Waals surface area contributed by atoms with Gasteiger partial charge in [-0.05, 0) is 50.3 Å². The second kappa shape index (κ2) is 12.6. The van der Waals surface area contributed by atoms with E-state index in [0.29, 0.717) is 25.1 Å². The van der Waals surface area contributed by atoms with Crippen LogP contribution in [0.4, 0.5) is 5.69 Å². The van der Waals surface area contributed by atoms with Gasteiger partial charge in [-0.3, -0.25) is 14.4 Å². The SMILES string of the molecule is C=CCN(C(=O)[C@@H]1[C@H]2C(=O)N([C@H](CO)c3ccccc3)C(C(=O)N(CC=C)C3CCCCC3)C23CC[C@@]1(C)O3)c1ccccc1. The summed E-state index contributed by atoms with van der Waals surface area (Å²) < 4.78 is 6.96. The molecule has 2 unspecified atom stereocenters. The largest absolute Gasteiger partial charge is 0.394 e. The van der Waals surface area contributed by atoms with Crippen LogP contribution in [0.15, 0.2) is 86.0 Å². The molecule has 8 nitrogen and oxygen atoms in total. The molecule has 45 heavy (non-hydrogen) atoms. The Kier molecular flexibility index (Phi) is 8.72. The highest BCUT2D eigenvalue weighted by Crippen LogP contribution is 2.64. The number of amides is 3. The summed E-state index contributed by atoms with van der Waals surface area (Å²) >= 11 is 0. The number of para-hydroxylation sites is 1. The van der Waals surface area contributed by atoms with Crippen molar-refractivity contribution < 1.29 is 24.2 Å². The zero-order valence-corrected chi connectivity index (χ0v) is 26.2. The lowest BCUT2D eigenvalue weighted by Gasteiger charge is -2.42. The van der Waals surface area contributed by atoms with E-state index in [2.05, 4.69) is 13.2 Å². The van der Waals surface area contributed by atoms with Gasteiger partial charge in [0.2, 0.25) is 17.7 Å². The van der Waals surface area contributed by atoms with E-state index in [1.54, 1.807) is 22.0 Å². The van der Waals surface area contributed by atoms with Gasteiger partial charge >= 0.3 is 0 Å². The third-order valence-electron chi connectivity index (χ3n) is 10.7. The van der Waals surface area contributed by atoms with Crippen LogP contribution in [0.3, 0.4) is 0 Å². The van der Waals surface area contributed by atoms with Crippen molar-refractivity contribution in [1.82, 2.24) is 9.80 Å². The van der Waals surface area contributed by atoms with E-state index in [-0.39, 0.29) is 36.9 Å². The molecule has 3 amide bonds. The number of benzene rings is 2. The van der Waals surface area contributed by atoms with E-state index >= 15 is 4.79 Å². The number of carbonyl (C=O) groups is 3. The standard InChI is InChI=1S/C37H45N3O5/c1-4-23-38(27-17-11-7-12-18-27)33(42)30-31-34(43)40(29(25-41)26-15-9-6-10-16-26)32(37(31)22-21-36(30,3)45-37)35(44)39(24-5-2)28-19-13-8-14-20-28/h4-7,9-12,15-18,28-32,41H,1-2,8,13-14,19-25H2,3H3/t29-,30+,31+,32?,36-,37?/m1/s1. The average molecular weight is 612 g/mol. The van der Waals surface area contributed by atoms with Crippen LogP contribution in [0, 0.1) is 11.8 Å². The molecule has 1 saturated carbocycles. The highest BCUT2D eigenvalue weighted by molar-refractivity contribution is 6.03. The van der Waals surface area contributed by atoms with Crippen LogP contribution in [-0.4, -0.2) is 75.6 Å². The first kappa shape index (κ1) is 31.2. The second-order valence-electron chi connectivity index (χ2n) is 13.2. The number of hydrogen-bond acceptors (Lipinski definition) is 5. The summed E-state index contributed by atoms with van der Waals surface area (Å²) in [5.74, 6) is -2.39. The predicted octanol–water partition coefficient (Wildman–Crippen LogP) is 5.05. The van der Waals surface area contributed by atoms with E-state index < -0.39 is 35.1 Å². The molecule has 238 valence electrons. The highest BCUT2D eigenvalue weighted by atomic mass is 16.5. The Hall–Kier alpha value is -3.75. The van der Waals surface area contributed by atoms with Gasteiger partial charge in [-0.2, -0.15) is 0 Å². The van der Waals surface area contributed by atoms with Crippen LogP contribution < -0.4 is 4.90 Å². The number of aliphatic hydroxyl groups is 1. The third-order valence-corrected chi connectivity index (χ3v) is 10.7. The van der Waals surface area contributed by atoms with Gasteiger partial charge < -0.3 is 24.5 Å². The summed E-state index contributed by atoms with van der Waals surface area (Å²) in [6.45, 7) is 10.0. The van der Waals surface area contributed by atoms with Gasteiger partial charge in [-0.1, -0.05) is 79.9 Å². The Bertz CT molecular complexity index is 1430. The van der Waals surface area contributed by atoms with Gasteiger partial charge in [0.1, 0.15) is 11.6 Å². The van der Waals surface area contributed by atoms with Crippen LogP contribution in [0.1, 0.15) is 63.5 Å². The number of hydrogen-bond donors (Lipinski definition) is 1. The first-order chi connectivity index (χ1) is 21.8. The molecule has 1 aliphatic carbocycles. The summed E-state index contributed by atoms with van der Waals surface area (Å²) in [6, 6.07) is 17.0. The van der Waals surface area contributed by atoms with Gasteiger partial charge in [-0.25, -0.2) is 0 Å². The molecule has 0 radical (unpaired) electrons.